The van der Waals surface area contributed by atoms with Crippen LogP contribution in [0, 0.1) is 0 Å². The number of rotatable bonds is 55. The molecular formula is C64H114O6. The lowest BCUT2D eigenvalue weighted by atomic mass is 10.0. The third-order valence-corrected chi connectivity index (χ3v) is 13.2. The van der Waals surface area contributed by atoms with Crippen LogP contribution in [0.3, 0.4) is 0 Å². The molecule has 0 rings (SSSR count). The first kappa shape index (κ1) is 67.1. The lowest BCUT2D eigenvalue weighted by Crippen LogP contribution is -2.30. The second kappa shape index (κ2) is 58.7. The highest BCUT2D eigenvalue weighted by Gasteiger charge is 2.19. The van der Waals surface area contributed by atoms with Crippen LogP contribution >= 0.6 is 0 Å². The fraction of sp³-hybridized carbons (Fsp3) is 0.797. The summed E-state index contributed by atoms with van der Waals surface area (Å²) in [6.45, 7) is 6.56. The number of carbonyl (C=O) groups is 3. The Kier molecular flexibility index (Phi) is 56.3. The summed E-state index contributed by atoms with van der Waals surface area (Å²) < 4.78 is 16.9. The zero-order valence-electron chi connectivity index (χ0n) is 46.5. The molecule has 70 heavy (non-hydrogen) atoms. The third-order valence-electron chi connectivity index (χ3n) is 13.2. The molecule has 406 valence electrons. The lowest BCUT2D eigenvalue weighted by molar-refractivity contribution is -0.167. The van der Waals surface area contributed by atoms with E-state index in [2.05, 4.69) is 81.5 Å². The van der Waals surface area contributed by atoms with Crippen molar-refractivity contribution in [3.8, 4) is 0 Å². The zero-order chi connectivity index (χ0) is 50.7. The van der Waals surface area contributed by atoms with E-state index >= 15 is 0 Å². The number of hydrogen-bond donors (Lipinski definition) is 0. The lowest BCUT2D eigenvalue weighted by Gasteiger charge is -2.18. The van der Waals surface area contributed by atoms with Crippen molar-refractivity contribution in [3.05, 3.63) is 60.8 Å². The molecule has 1 unspecified atom stereocenters. The van der Waals surface area contributed by atoms with Gasteiger partial charge in [-0.05, 0) is 103 Å². The van der Waals surface area contributed by atoms with Gasteiger partial charge in [0.15, 0.2) is 6.10 Å². The Hall–Kier alpha value is -2.89. The molecule has 0 spiro atoms. The van der Waals surface area contributed by atoms with Gasteiger partial charge in [-0.15, -0.1) is 0 Å². The number of ether oxygens (including phenoxy) is 3. The molecule has 0 bridgehead atoms. The van der Waals surface area contributed by atoms with Gasteiger partial charge in [-0.2, -0.15) is 0 Å². The number of unbranched alkanes of at least 4 members (excludes halogenated alkanes) is 34. The van der Waals surface area contributed by atoms with Crippen molar-refractivity contribution in [3.63, 3.8) is 0 Å². The first-order chi connectivity index (χ1) is 34.5. The summed E-state index contributed by atoms with van der Waals surface area (Å²) in [4.78, 5) is 38.1. The Morgan fingerprint density at radius 2 is 0.543 bits per heavy atom. The van der Waals surface area contributed by atoms with Gasteiger partial charge in [0.25, 0.3) is 0 Å². The predicted molar refractivity (Wildman–Crippen MR) is 302 cm³/mol. The van der Waals surface area contributed by atoms with E-state index < -0.39 is 6.10 Å². The van der Waals surface area contributed by atoms with Crippen LogP contribution in [0.1, 0.15) is 310 Å². The molecule has 6 heteroatoms. The standard InChI is InChI=1S/C64H114O6/c1-4-7-10-13-16-19-22-24-26-28-30-31-32-33-35-36-38-40-42-45-48-51-54-57-63(66)69-60-61(59-68-62(65)56-53-50-47-44-21-18-15-12-9-6-3)70-64(67)58-55-52-49-46-43-41-39-37-34-29-27-25-23-20-17-14-11-8-5-2/h12,15,17,20,25,27-28,30,34,37,61H,4-11,13-14,16,18-19,21-24,26,29,31-33,35-36,38-60H2,1-3H3/b15-12-,20-17-,27-25-,30-28-,37-34-. The highest BCUT2D eigenvalue weighted by Crippen LogP contribution is 2.16. The molecule has 0 saturated carbocycles. The first-order valence-electron chi connectivity index (χ1n) is 30.3. The summed E-state index contributed by atoms with van der Waals surface area (Å²) in [6.07, 6.45) is 73.7. The smallest absolute Gasteiger partial charge is 0.306 e. The average Bonchev–Trinajstić information content (AvgIpc) is 3.36. The molecule has 0 heterocycles. The molecule has 0 saturated heterocycles. The van der Waals surface area contributed by atoms with E-state index in [0.29, 0.717) is 19.3 Å². The highest BCUT2D eigenvalue weighted by atomic mass is 16.6. The normalized spacial score (nSPS) is 12.4. The van der Waals surface area contributed by atoms with E-state index in [-0.39, 0.29) is 31.1 Å². The molecule has 0 aromatic heterocycles. The molecule has 0 amide bonds. The van der Waals surface area contributed by atoms with Crippen molar-refractivity contribution < 1.29 is 28.6 Å². The quantitative estimate of drug-likeness (QED) is 0.0261. The topological polar surface area (TPSA) is 78.9 Å². The van der Waals surface area contributed by atoms with Gasteiger partial charge >= 0.3 is 17.9 Å². The van der Waals surface area contributed by atoms with Crippen LogP contribution < -0.4 is 0 Å². The Morgan fingerprint density at radius 3 is 0.900 bits per heavy atom. The van der Waals surface area contributed by atoms with Crippen LogP contribution in [0.5, 0.6) is 0 Å². The SMILES string of the molecule is CCC/C=C\CCCCCCCC(=O)OCC(COC(=O)CCCCCCCCCCCCC/C=C\CCCCCCCCCC)OC(=O)CCCCCCCC/C=C\C/C=C\C/C=C\CCCCC. The van der Waals surface area contributed by atoms with E-state index in [9.17, 15) is 14.4 Å². The molecule has 0 aromatic rings. The van der Waals surface area contributed by atoms with Crippen LogP contribution in [-0.4, -0.2) is 37.2 Å². The van der Waals surface area contributed by atoms with E-state index in [0.717, 1.165) is 96.3 Å². The van der Waals surface area contributed by atoms with Crippen molar-refractivity contribution in [2.75, 3.05) is 13.2 Å². The fourth-order valence-corrected chi connectivity index (χ4v) is 8.62. The molecule has 0 N–H and O–H groups in total. The van der Waals surface area contributed by atoms with Crippen LogP contribution in [0.4, 0.5) is 0 Å². The Labute approximate surface area is 434 Å². The average molecular weight is 980 g/mol. The van der Waals surface area contributed by atoms with Crippen molar-refractivity contribution in [2.45, 2.75) is 316 Å². The zero-order valence-corrected chi connectivity index (χ0v) is 46.5. The minimum atomic E-state index is -0.784. The molecule has 0 aliphatic carbocycles. The summed E-state index contributed by atoms with van der Waals surface area (Å²) in [5.41, 5.74) is 0. The summed E-state index contributed by atoms with van der Waals surface area (Å²) in [5, 5.41) is 0. The number of allylic oxidation sites excluding steroid dienone is 10. The maximum absolute atomic E-state index is 12.9. The summed E-state index contributed by atoms with van der Waals surface area (Å²) in [5.74, 6) is -0.895. The van der Waals surface area contributed by atoms with Crippen LogP contribution in [0.25, 0.3) is 0 Å². The molecule has 0 fully saturated rings. The Balaban J connectivity index is 4.27. The van der Waals surface area contributed by atoms with E-state index in [1.54, 1.807) is 0 Å². The first-order valence-corrected chi connectivity index (χ1v) is 30.3. The van der Waals surface area contributed by atoms with Crippen LogP contribution in [0.15, 0.2) is 60.8 Å². The van der Waals surface area contributed by atoms with Gasteiger partial charge in [-0.1, -0.05) is 248 Å². The van der Waals surface area contributed by atoms with Crippen molar-refractivity contribution in [1.29, 1.82) is 0 Å². The maximum Gasteiger partial charge on any atom is 0.306 e. The molecule has 6 nitrogen and oxygen atoms in total. The maximum atomic E-state index is 12.9. The molecule has 1 atom stereocenters. The van der Waals surface area contributed by atoms with Gasteiger partial charge in [0.1, 0.15) is 13.2 Å². The number of carbonyl (C=O) groups excluding carboxylic acids is 3. The van der Waals surface area contributed by atoms with E-state index in [4.69, 9.17) is 14.2 Å². The van der Waals surface area contributed by atoms with Gasteiger partial charge in [-0.3, -0.25) is 14.4 Å². The van der Waals surface area contributed by atoms with Crippen LogP contribution in [-0.2, 0) is 28.6 Å². The summed E-state index contributed by atoms with van der Waals surface area (Å²) in [7, 11) is 0. The minimum Gasteiger partial charge on any atom is -0.462 e. The molecule has 0 aliphatic rings. The number of esters is 3. The molecular weight excluding hydrogens is 865 g/mol. The summed E-state index contributed by atoms with van der Waals surface area (Å²) >= 11 is 0. The van der Waals surface area contributed by atoms with Gasteiger partial charge in [0.2, 0.25) is 0 Å². The van der Waals surface area contributed by atoms with E-state index in [1.165, 1.54) is 173 Å². The predicted octanol–water partition coefficient (Wildman–Crippen LogP) is 20.4. The number of hydrogen-bond acceptors (Lipinski definition) is 6. The second-order valence-corrected chi connectivity index (χ2v) is 20.2. The van der Waals surface area contributed by atoms with Gasteiger partial charge in [-0.25, -0.2) is 0 Å². The monoisotopic (exact) mass is 979 g/mol. The van der Waals surface area contributed by atoms with Crippen LogP contribution in [0.2, 0.25) is 0 Å². The fourth-order valence-electron chi connectivity index (χ4n) is 8.62. The van der Waals surface area contributed by atoms with Crippen molar-refractivity contribution >= 4 is 17.9 Å². The Bertz CT molecular complexity index is 1260. The summed E-state index contributed by atoms with van der Waals surface area (Å²) in [6, 6.07) is 0. The van der Waals surface area contributed by atoms with Gasteiger partial charge in [0, 0.05) is 19.3 Å². The van der Waals surface area contributed by atoms with Gasteiger partial charge in [0.05, 0.1) is 0 Å². The minimum absolute atomic E-state index is 0.0815. The van der Waals surface area contributed by atoms with Gasteiger partial charge < -0.3 is 14.2 Å². The second-order valence-electron chi connectivity index (χ2n) is 20.2. The van der Waals surface area contributed by atoms with Crippen molar-refractivity contribution in [2.24, 2.45) is 0 Å². The molecule has 0 aromatic carbocycles. The molecule has 0 radical (unpaired) electrons. The third kappa shape index (κ3) is 56.0. The Morgan fingerprint density at radius 1 is 0.286 bits per heavy atom. The molecule has 0 aliphatic heterocycles. The largest absolute Gasteiger partial charge is 0.462 e. The van der Waals surface area contributed by atoms with E-state index in [1.807, 2.05) is 0 Å². The van der Waals surface area contributed by atoms with Crippen molar-refractivity contribution in [1.82, 2.24) is 0 Å². The highest BCUT2D eigenvalue weighted by molar-refractivity contribution is 5.71.